The van der Waals surface area contributed by atoms with Crippen molar-refractivity contribution in [1.82, 2.24) is 9.80 Å². The molecule has 116 valence electrons. The van der Waals surface area contributed by atoms with Crippen molar-refractivity contribution in [2.45, 2.75) is 33.4 Å². The van der Waals surface area contributed by atoms with Crippen LogP contribution in [-0.4, -0.2) is 42.0 Å². The minimum Gasteiger partial charge on any atom is -0.296 e. The molecule has 0 aliphatic carbocycles. The van der Waals surface area contributed by atoms with Gasteiger partial charge in [-0.1, -0.05) is 62.8 Å². The number of piperazine rings is 1. The van der Waals surface area contributed by atoms with Crippen molar-refractivity contribution >= 4 is 13.5 Å². The molecule has 0 spiro atoms. The van der Waals surface area contributed by atoms with Crippen molar-refractivity contribution in [2.75, 3.05) is 26.2 Å². The first-order valence-electron chi connectivity index (χ1n) is 7.74. The molecule has 2 aliphatic rings. The second-order valence-corrected chi connectivity index (χ2v) is 7.20. The van der Waals surface area contributed by atoms with Crippen molar-refractivity contribution in [1.29, 1.82) is 0 Å². The molecule has 1 saturated heterocycles. The molecule has 3 heteroatoms. The number of fused-ring (bicyclic) bond motifs is 1. The van der Waals surface area contributed by atoms with E-state index >= 15 is 0 Å². The van der Waals surface area contributed by atoms with Crippen LogP contribution in [0.1, 0.15) is 26.3 Å². The molecule has 21 heavy (non-hydrogen) atoms. The summed E-state index contributed by atoms with van der Waals surface area (Å²) < 4.78 is 0. The van der Waals surface area contributed by atoms with E-state index in [2.05, 4.69) is 67.0 Å². The van der Waals surface area contributed by atoms with Gasteiger partial charge in [0.1, 0.15) is 0 Å². The van der Waals surface area contributed by atoms with Gasteiger partial charge in [0.25, 0.3) is 0 Å². The minimum atomic E-state index is 0. The minimum absolute atomic E-state index is 0. The van der Waals surface area contributed by atoms with Crippen LogP contribution in [0.5, 0.6) is 0 Å². The van der Waals surface area contributed by atoms with Crippen molar-refractivity contribution in [3.63, 3.8) is 0 Å². The number of benzene rings is 1. The Morgan fingerprint density at radius 2 is 1.81 bits per heavy atom. The van der Waals surface area contributed by atoms with Crippen molar-refractivity contribution < 1.29 is 0 Å². The van der Waals surface area contributed by atoms with Crippen LogP contribution in [0.4, 0.5) is 0 Å². The van der Waals surface area contributed by atoms with E-state index in [0.717, 1.165) is 6.54 Å². The third-order valence-electron chi connectivity index (χ3n) is 4.60. The van der Waals surface area contributed by atoms with Gasteiger partial charge in [-0.2, -0.15) is 13.5 Å². The van der Waals surface area contributed by atoms with Gasteiger partial charge in [0.15, 0.2) is 0 Å². The Kier molecular flexibility index (Phi) is 5.18. The molecule has 0 radical (unpaired) electrons. The lowest BCUT2D eigenvalue weighted by molar-refractivity contribution is 0.109. The first kappa shape index (κ1) is 16.6. The predicted octanol–water partition coefficient (Wildman–Crippen LogP) is 3.27. The zero-order valence-corrected chi connectivity index (χ0v) is 14.5. The quantitative estimate of drug-likeness (QED) is 0.774. The van der Waals surface area contributed by atoms with Gasteiger partial charge < -0.3 is 0 Å². The molecule has 0 amide bonds. The molecule has 2 aliphatic heterocycles. The molecule has 0 aromatic heterocycles. The summed E-state index contributed by atoms with van der Waals surface area (Å²) in [7, 11) is 0. The van der Waals surface area contributed by atoms with Gasteiger partial charge in [0.2, 0.25) is 0 Å². The smallest absolute Gasteiger partial charge is 0.0413 e. The van der Waals surface area contributed by atoms with Gasteiger partial charge in [0, 0.05) is 38.8 Å². The molecule has 1 aromatic carbocycles. The highest BCUT2D eigenvalue weighted by Crippen LogP contribution is 2.33. The standard InChI is InChI=1S/C18H26N2.H2S/c1-18(2,3)16-11-17-14-19(9-10-20(17)13-16)12-15-7-5-4-6-8-15;/h4-8,11,17H,9-10,12-14H2,1-3H3;1H2/t17-;/m0./s1. The van der Waals surface area contributed by atoms with Gasteiger partial charge in [0.05, 0.1) is 0 Å². The monoisotopic (exact) mass is 304 g/mol. The molecular weight excluding hydrogens is 276 g/mol. The normalized spacial score (nSPS) is 23.4. The third kappa shape index (κ3) is 3.91. The summed E-state index contributed by atoms with van der Waals surface area (Å²) >= 11 is 0. The molecule has 2 nitrogen and oxygen atoms in total. The van der Waals surface area contributed by atoms with Gasteiger partial charge in [-0.3, -0.25) is 9.80 Å². The fourth-order valence-corrected chi connectivity index (χ4v) is 3.24. The molecule has 0 N–H and O–H groups in total. The molecule has 1 atom stereocenters. The second-order valence-electron chi connectivity index (χ2n) is 7.20. The van der Waals surface area contributed by atoms with Crippen LogP contribution in [-0.2, 0) is 6.54 Å². The van der Waals surface area contributed by atoms with Crippen LogP contribution in [0.15, 0.2) is 42.0 Å². The van der Waals surface area contributed by atoms with Crippen LogP contribution in [0.3, 0.4) is 0 Å². The summed E-state index contributed by atoms with van der Waals surface area (Å²) in [5, 5.41) is 0. The second kappa shape index (κ2) is 6.55. The summed E-state index contributed by atoms with van der Waals surface area (Å²) in [4.78, 5) is 5.24. The lowest BCUT2D eigenvalue weighted by Gasteiger charge is -2.37. The van der Waals surface area contributed by atoms with Crippen molar-refractivity contribution in [3.8, 4) is 0 Å². The Morgan fingerprint density at radius 1 is 1.10 bits per heavy atom. The van der Waals surface area contributed by atoms with Crippen molar-refractivity contribution in [3.05, 3.63) is 47.5 Å². The highest BCUT2D eigenvalue weighted by molar-refractivity contribution is 7.59. The van der Waals surface area contributed by atoms with E-state index in [9.17, 15) is 0 Å². The summed E-state index contributed by atoms with van der Waals surface area (Å²) in [5.41, 5.74) is 3.37. The van der Waals surface area contributed by atoms with E-state index in [-0.39, 0.29) is 13.5 Å². The average molecular weight is 305 g/mol. The summed E-state index contributed by atoms with van der Waals surface area (Å²) in [5.74, 6) is 0. The molecular formula is C18H28N2S. The number of nitrogens with zero attached hydrogens (tertiary/aromatic N) is 2. The lowest BCUT2D eigenvalue weighted by Crippen LogP contribution is -2.49. The fourth-order valence-electron chi connectivity index (χ4n) is 3.24. The zero-order chi connectivity index (χ0) is 14.2. The van der Waals surface area contributed by atoms with Crippen LogP contribution in [0, 0.1) is 5.41 Å². The first-order chi connectivity index (χ1) is 9.52. The van der Waals surface area contributed by atoms with Crippen LogP contribution in [0.25, 0.3) is 0 Å². The third-order valence-corrected chi connectivity index (χ3v) is 4.60. The molecule has 0 saturated carbocycles. The average Bonchev–Trinajstić information content (AvgIpc) is 2.83. The maximum Gasteiger partial charge on any atom is 0.0413 e. The predicted molar refractivity (Wildman–Crippen MR) is 95.0 cm³/mol. The maximum atomic E-state index is 2.64. The molecule has 2 heterocycles. The van der Waals surface area contributed by atoms with Crippen LogP contribution < -0.4 is 0 Å². The van der Waals surface area contributed by atoms with E-state index in [0.29, 0.717) is 11.5 Å². The first-order valence-corrected chi connectivity index (χ1v) is 7.74. The Hall–Kier alpha value is -0.770. The molecule has 1 fully saturated rings. The summed E-state index contributed by atoms with van der Waals surface area (Å²) in [6, 6.07) is 11.5. The number of rotatable bonds is 2. The van der Waals surface area contributed by atoms with Crippen LogP contribution in [0.2, 0.25) is 0 Å². The highest BCUT2D eigenvalue weighted by Gasteiger charge is 2.33. The number of hydrogen-bond donors (Lipinski definition) is 0. The Labute approximate surface area is 136 Å². The van der Waals surface area contributed by atoms with E-state index in [1.165, 1.54) is 31.7 Å². The molecule has 3 rings (SSSR count). The van der Waals surface area contributed by atoms with Crippen LogP contribution >= 0.6 is 13.5 Å². The Balaban J connectivity index is 0.00000161. The fraction of sp³-hybridized carbons (Fsp3) is 0.556. The molecule has 0 bridgehead atoms. The summed E-state index contributed by atoms with van der Waals surface area (Å²) in [6.45, 7) is 12.8. The van der Waals surface area contributed by atoms with E-state index < -0.39 is 0 Å². The van der Waals surface area contributed by atoms with E-state index in [1.54, 1.807) is 5.57 Å². The Morgan fingerprint density at radius 3 is 2.48 bits per heavy atom. The van der Waals surface area contributed by atoms with E-state index in [1.807, 2.05) is 0 Å². The highest BCUT2D eigenvalue weighted by atomic mass is 32.1. The summed E-state index contributed by atoms with van der Waals surface area (Å²) in [6.07, 6.45) is 2.52. The Bertz CT molecular complexity index is 490. The lowest BCUT2D eigenvalue weighted by atomic mass is 9.87. The van der Waals surface area contributed by atoms with Crippen molar-refractivity contribution in [2.24, 2.45) is 5.41 Å². The molecule has 0 unspecified atom stereocenters. The van der Waals surface area contributed by atoms with Gasteiger partial charge in [-0.05, 0) is 11.0 Å². The largest absolute Gasteiger partial charge is 0.296 e. The maximum absolute atomic E-state index is 2.64. The van der Waals surface area contributed by atoms with Gasteiger partial charge in [-0.15, -0.1) is 0 Å². The van der Waals surface area contributed by atoms with Gasteiger partial charge in [-0.25, -0.2) is 0 Å². The number of hydrogen-bond acceptors (Lipinski definition) is 2. The SMILES string of the molecule is CC(C)(C)C1=C[C@H]2CN(Cc3ccccc3)CCN2C1.S. The zero-order valence-electron chi connectivity index (χ0n) is 13.5. The topological polar surface area (TPSA) is 6.48 Å². The van der Waals surface area contributed by atoms with Gasteiger partial charge >= 0.3 is 0 Å². The van der Waals surface area contributed by atoms with E-state index in [4.69, 9.17) is 0 Å². The molecule has 1 aromatic rings.